The number of carbonyl (C=O) groups is 1. The van der Waals surface area contributed by atoms with Gasteiger partial charge >= 0.3 is 0 Å². The van der Waals surface area contributed by atoms with E-state index in [9.17, 15) is 9.59 Å². The predicted molar refractivity (Wildman–Crippen MR) is 91.8 cm³/mol. The van der Waals surface area contributed by atoms with E-state index < -0.39 is 0 Å². The van der Waals surface area contributed by atoms with Crippen LogP contribution in [0.15, 0.2) is 18.2 Å². The van der Waals surface area contributed by atoms with E-state index in [4.69, 9.17) is 5.73 Å². The zero-order valence-electron chi connectivity index (χ0n) is 13.7. The van der Waals surface area contributed by atoms with Crippen molar-refractivity contribution in [2.45, 2.75) is 71.1 Å². The molecule has 1 radical (unpaired) electrons. The molecule has 0 fully saturated rings. The molecule has 3 nitrogen and oxygen atoms in total. The first-order chi connectivity index (χ1) is 10.7. The Kier molecular flexibility index (Phi) is 9.20. The van der Waals surface area contributed by atoms with Gasteiger partial charge in [0.25, 0.3) is 0 Å². The van der Waals surface area contributed by atoms with Gasteiger partial charge in [-0.2, -0.15) is 0 Å². The Balaban J connectivity index is 2.21. The first-order valence-electron chi connectivity index (χ1n) is 8.50. The molecule has 0 saturated carbocycles. The number of nitrogen functional groups attached to an aromatic ring is 1. The summed E-state index contributed by atoms with van der Waals surface area (Å²) in [4.78, 5) is 23.0. The fourth-order valence-electron chi connectivity index (χ4n) is 2.61. The van der Waals surface area contributed by atoms with Crippen molar-refractivity contribution in [2.75, 3.05) is 5.73 Å². The van der Waals surface area contributed by atoms with E-state index in [-0.39, 0.29) is 5.78 Å². The first-order valence-corrected chi connectivity index (χ1v) is 8.50. The van der Waals surface area contributed by atoms with Crippen LogP contribution in [-0.4, -0.2) is 12.1 Å². The third kappa shape index (κ3) is 6.88. The minimum absolute atomic E-state index is 0.00593. The molecule has 0 atom stereocenters. The number of rotatable bonds is 12. The van der Waals surface area contributed by atoms with Crippen molar-refractivity contribution in [3.05, 3.63) is 29.3 Å². The van der Waals surface area contributed by atoms with Gasteiger partial charge in [-0.3, -0.25) is 9.59 Å². The van der Waals surface area contributed by atoms with Crippen LogP contribution >= 0.6 is 0 Å². The fourth-order valence-corrected chi connectivity index (χ4v) is 2.61. The fraction of sp³-hybridized carbons (Fsp3) is 0.579. The quantitative estimate of drug-likeness (QED) is 0.342. The van der Waals surface area contributed by atoms with Crippen molar-refractivity contribution in [2.24, 2.45) is 0 Å². The van der Waals surface area contributed by atoms with Crippen molar-refractivity contribution in [3.63, 3.8) is 0 Å². The summed E-state index contributed by atoms with van der Waals surface area (Å²) in [6, 6.07) is 4.76. The normalized spacial score (nSPS) is 10.6. The number of unbranched alkanes of at least 4 members (excludes halogenated alkanes) is 8. The van der Waals surface area contributed by atoms with E-state index >= 15 is 0 Å². The Morgan fingerprint density at radius 1 is 1.00 bits per heavy atom. The lowest BCUT2D eigenvalue weighted by atomic mass is 9.99. The molecule has 0 saturated heterocycles. The van der Waals surface area contributed by atoms with Gasteiger partial charge in [0.05, 0.1) is 0 Å². The van der Waals surface area contributed by atoms with Crippen LogP contribution < -0.4 is 5.73 Å². The Morgan fingerprint density at radius 2 is 1.59 bits per heavy atom. The van der Waals surface area contributed by atoms with Crippen LogP contribution in [0.2, 0.25) is 0 Å². The van der Waals surface area contributed by atoms with E-state index in [0.717, 1.165) is 12.8 Å². The molecular formula is C19H28NO2. The maximum absolute atomic E-state index is 12.1. The van der Waals surface area contributed by atoms with Crippen LogP contribution in [-0.2, 0) is 4.79 Å². The van der Waals surface area contributed by atoms with Crippen LogP contribution in [0, 0.1) is 0 Å². The minimum Gasteiger partial charge on any atom is -0.399 e. The molecule has 2 N–H and O–H groups in total. The minimum atomic E-state index is -0.00593. The average Bonchev–Trinajstić information content (AvgIpc) is 2.53. The van der Waals surface area contributed by atoms with Gasteiger partial charge in [-0.25, -0.2) is 0 Å². The summed E-state index contributed by atoms with van der Waals surface area (Å²) in [6.07, 6.45) is 13.3. The van der Waals surface area contributed by atoms with Gasteiger partial charge < -0.3 is 5.73 Å². The summed E-state index contributed by atoms with van der Waals surface area (Å²) < 4.78 is 0. The van der Waals surface area contributed by atoms with E-state index in [1.54, 1.807) is 18.2 Å². The number of hydrogen-bond acceptors (Lipinski definition) is 3. The van der Waals surface area contributed by atoms with Crippen LogP contribution in [0.3, 0.4) is 0 Å². The number of nitrogens with two attached hydrogens (primary N) is 1. The largest absolute Gasteiger partial charge is 0.399 e. The van der Waals surface area contributed by atoms with E-state index in [2.05, 4.69) is 6.92 Å². The molecule has 1 rings (SSSR count). The summed E-state index contributed by atoms with van der Waals surface area (Å²) in [7, 11) is 0. The monoisotopic (exact) mass is 302 g/mol. The SMILES string of the molecule is CCCCCCCCCCCC(=O)c1cc(N)ccc1[C]=O. The molecule has 0 aliphatic carbocycles. The highest BCUT2D eigenvalue weighted by Gasteiger charge is 2.11. The van der Waals surface area contributed by atoms with Gasteiger partial charge in [0.1, 0.15) is 0 Å². The topological polar surface area (TPSA) is 60.2 Å². The zero-order chi connectivity index (χ0) is 16.2. The molecular weight excluding hydrogens is 274 g/mol. The third-order valence-electron chi connectivity index (χ3n) is 3.96. The number of hydrogen-bond donors (Lipinski definition) is 1. The summed E-state index contributed by atoms with van der Waals surface area (Å²) in [5.74, 6) is -0.00593. The third-order valence-corrected chi connectivity index (χ3v) is 3.96. The summed E-state index contributed by atoms with van der Waals surface area (Å²) in [5, 5.41) is 0. The number of anilines is 1. The summed E-state index contributed by atoms with van der Waals surface area (Å²) in [6.45, 7) is 2.23. The molecule has 0 heterocycles. The van der Waals surface area contributed by atoms with Crippen LogP contribution in [0.4, 0.5) is 5.69 Å². The van der Waals surface area contributed by atoms with Crippen LogP contribution in [0.25, 0.3) is 0 Å². The van der Waals surface area contributed by atoms with Crippen LogP contribution in [0.1, 0.15) is 87.1 Å². The molecule has 0 spiro atoms. The molecule has 1 aromatic rings. The summed E-state index contributed by atoms with van der Waals surface area (Å²) >= 11 is 0. The standard InChI is InChI=1S/C19H28NO2/c1-2-3-4-5-6-7-8-9-10-11-19(22)18-14-17(20)13-12-16(18)15-21/h12-14H,2-11,20H2,1H3. The average molecular weight is 302 g/mol. The van der Waals surface area contributed by atoms with Crippen molar-refractivity contribution in [3.8, 4) is 0 Å². The van der Waals surface area contributed by atoms with Gasteiger partial charge in [-0.1, -0.05) is 58.3 Å². The van der Waals surface area contributed by atoms with Gasteiger partial charge in [-0.15, -0.1) is 0 Å². The van der Waals surface area contributed by atoms with E-state index in [1.807, 2.05) is 6.29 Å². The lowest BCUT2D eigenvalue weighted by molar-refractivity contribution is 0.0979. The smallest absolute Gasteiger partial charge is 0.234 e. The second kappa shape index (κ2) is 11.0. The first kappa shape index (κ1) is 18.4. The van der Waals surface area contributed by atoms with Gasteiger partial charge in [0.2, 0.25) is 6.29 Å². The number of benzene rings is 1. The predicted octanol–water partition coefficient (Wildman–Crippen LogP) is 4.83. The molecule has 3 heteroatoms. The lowest BCUT2D eigenvalue weighted by Crippen LogP contribution is -2.04. The molecule has 0 aliphatic rings. The number of ketones is 1. The second-order valence-electron chi connectivity index (χ2n) is 5.91. The molecule has 121 valence electrons. The summed E-state index contributed by atoms with van der Waals surface area (Å²) in [5.41, 5.74) is 6.92. The Bertz CT molecular complexity index is 469. The second-order valence-corrected chi connectivity index (χ2v) is 5.91. The van der Waals surface area contributed by atoms with Crippen molar-refractivity contribution >= 4 is 17.8 Å². The van der Waals surface area contributed by atoms with Gasteiger partial charge in [-0.05, 0) is 24.6 Å². The highest BCUT2D eigenvalue weighted by Crippen LogP contribution is 2.16. The number of carbonyl (C=O) groups excluding carboxylic acids is 2. The van der Waals surface area contributed by atoms with Crippen molar-refractivity contribution in [1.82, 2.24) is 0 Å². The maximum Gasteiger partial charge on any atom is 0.234 e. The van der Waals surface area contributed by atoms with Crippen molar-refractivity contribution in [1.29, 1.82) is 0 Å². The van der Waals surface area contributed by atoms with E-state index in [1.165, 1.54) is 44.9 Å². The molecule has 0 bridgehead atoms. The Morgan fingerprint density at radius 3 is 2.18 bits per heavy atom. The molecule has 0 unspecified atom stereocenters. The molecule has 0 aromatic heterocycles. The molecule has 0 amide bonds. The number of Topliss-reactive ketones (excluding diaryl/α,β-unsaturated/α-hetero) is 1. The molecule has 22 heavy (non-hydrogen) atoms. The Hall–Kier alpha value is -1.64. The van der Waals surface area contributed by atoms with Crippen molar-refractivity contribution < 1.29 is 9.59 Å². The lowest BCUT2D eigenvalue weighted by Gasteiger charge is -2.05. The Labute approximate surface area is 134 Å². The van der Waals surface area contributed by atoms with E-state index in [0.29, 0.717) is 23.2 Å². The van der Waals surface area contributed by atoms with Crippen LogP contribution in [0.5, 0.6) is 0 Å². The highest BCUT2D eigenvalue weighted by molar-refractivity contribution is 6.03. The molecule has 1 aromatic carbocycles. The van der Waals surface area contributed by atoms with Gasteiger partial charge in [0, 0.05) is 23.2 Å². The van der Waals surface area contributed by atoms with Gasteiger partial charge in [0.15, 0.2) is 5.78 Å². The zero-order valence-corrected chi connectivity index (χ0v) is 13.7. The molecule has 0 aliphatic heterocycles. The highest BCUT2D eigenvalue weighted by atomic mass is 16.1. The maximum atomic E-state index is 12.1.